The molecule has 6 nitrogen and oxygen atoms in total. The molecule has 76 valence electrons. The summed E-state index contributed by atoms with van der Waals surface area (Å²) >= 11 is 0. The number of aromatic hydroxyl groups is 1. The number of rotatable bonds is 2. The van der Waals surface area contributed by atoms with E-state index in [4.69, 9.17) is 5.11 Å². The molecule has 1 rings (SSSR count). The molecule has 0 saturated heterocycles. The van der Waals surface area contributed by atoms with Crippen LogP contribution in [0.5, 0.6) is 5.75 Å². The van der Waals surface area contributed by atoms with E-state index in [0.29, 0.717) is 6.20 Å². The molecule has 0 atom stereocenters. The Morgan fingerprint density at radius 1 is 1.57 bits per heavy atom. The van der Waals surface area contributed by atoms with Crippen molar-refractivity contribution in [3.8, 4) is 5.75 Å². The van der Waals surface area contributed by atoms with E-state index in [1.807, 2.05) is 0 Å². The van der Waals surface area contributed by atoms with Crippen LogP contribution in [0.1, 0.15) is 12.1 Å². The van der Waals surface area contributed by atoms with E-state index in [1.54, 1.807) is 4.98 Å². The lowest BCUT2D eigenvalue weighted by Crippen LogP contribution is -2.11. The maximum Gasteiger partial charge on any atom is 0.336 e. The minimum atomic E-state index is -3.09. The van der Waals surface area contributed by atoms with Crippen LogP contribution in [0.25, 0.3) is 0 Å². The minimum Gasteiger partial charge on any atom is -0.503 e. The predicted octanol–water partition coefficient (Wildman–Crippen LogP) is 0.926. The van der Waals surface area contributed by atoms with Gasteiger partial charge in [0.2, 0.25) is 0 Å². The molecule has 0 aliphatic carbocycles. The molecule has 0 fully saturated rings. The van der Waals surface area contributed by atoms with Gasteiger partial charge >= 0.3 is 11.1 Å². The van der Waals surface area contributed by atoms with Crippen LogP contribution in [0.3, 0.4) is 0 Å². The Morgan fingerprint density at radius 2 is 2.14 bits per heavy atom. The summed E-state index contributed by atoms with van der Waals surface area (Å²) in [6.45, 7) is 0. The first-order valence-corrected chi connectivity index (χ1v) is 3.32. The van der Waals surface area contributed by atoms with E-state index in [0.717, 1.165) is 0 Å². The van der Waals surface area contributed by atoms with E-state index in [-0.39, 0.29) is 0 Å². The summed E-state index contributed by atoms with van der Waals surface area (Å²) in [5, 5.41) is 19.0. The SMILES string of the molecule is O=c1c([N+](=O)[O-])c[nH]c(C(F)F)c1O. The van der Waals surface area contributed by atoms with Crippen LogP contribution in [0.15, 0.2) is 11.0 Å². The zero-order valence-corrected chi connectivity index (χ0v) is 6.53. The number of nitrogens with one attached hydrogen (secondary N) is 1. The van der Waals surface area contributed by atoms with Crippen LogP contribution in [-0.2, 0) is 0 Å². The predicted molar refractivity (Wildman–Crippen MR) is 40.3 cm³/mol. The maximum absolute atomic E-state index is 12.0. The average molecular weight is 206 g/mol. The molecule has 1 aromatic heterocycles. The highest BCUT2D eigenvalue weighted by molar-refractivity contribution is 5.38. The topological polar surface area (TPSA) is 96.2 Å². The number of nitrogens with zero attached hydrogens (tertiary/aromatic N) is 1. The molecule has 0 aliphatic rings. The van der Waals surface area contributed by atoms with E-state index in [2.05, 4.69) is 0 Å². The molecule has 14 heavy (non-hydrogen) atoms. The largest absolute Gasteiger partial charge is 0.503 e. The van der Waals surface area contributed by atoms with Gasteiger partial charge in [0.15, 0.2) is 5.75 Å². The lowest BCUT2D eigenvalue weighted by atomic mass is 10.3. The van der Waals surface area contributed by atoms with Gasteiger partial charge in [-0.25, -0.2) is 8.78 Å². The van der Waals surface area contributed by atoms with Gasteiger partial charge in [0.1, 0.15) is 5.69 Å². The average Bonchev–Trinajstić information content (AvgIpc) is 2.08. The van der Waals surface area contributed by atoms with Gasteiger partial charge in [-0.05, 0) is 0 Å². The molecule has 0 unspecified atom stereocenters. The molecule has 0 saturated carbocycles. The van der Waals surface area contributed by atoms with Crippen molar-refractivity contribution >= 4 is 5.69 Å². The van der Waals surface area contributed by atoms with Gasteiger partial charge in [-0.15, -0.1) is 0 Å². The Kier molecular flexibility index (Phi) is 2.45. The fourth-order valence-corrected chi connectivity index (χ4v) is 0.826. The number of H-pyrrole nitrogens is 1. The van der Waals surface area contributed by atoms with Gasteiger partial charge in [-0.2, -0.15) is 0 Å². The molecule has 8 heteroatoms. The standard InChI is InChI=1S/C6H4F2N2O4/c7-6(8)3-5(12)4(11)2(1-9-3)10(13)14/h1,6,12H,(H,9,11). The van der Waals surface area contributed by atoms with Gasteiger partial charge in [-0.3, -0.25) is 14.9 Å². The Hall–Kier alpha value is -1.99. The van der Waals surface area contributed by atoms with Crippen LogP contribution >= 0.6 is 0 Å². The van der Waals surface area contributed by atoms with Crippen LogP contribution in [0.4, 0.5) is 14.5 Å². The van der Waals surface area contributed by atoms with Crippen molar-refractivity contribution in [1.82, 2.24) is 4.98 Å². The third kappa shape index (κ3) is 1.53. The molecule has 0 aliphatic heterocycles. The third-order valence-corrected chi connectivity index (χ3v) is 1.48. The van der Waals surface area contributed by atoms with Crippen molar-refractivity contribution in [2.45, 2.75) is 6.43 Å². The van der Waals surface area contributed by atoms with Gasteiger partial charge in [0.05, 0.1) is 11.1 Å². The van der Waals surface area contributed by atoms with E-state index in [9.17, 15) is 23.7 Å². The number of alkyl halides is 2. The third-order valence-electron chi connectivity index (χ3n) is 1.48. The Morgan fingerprint density at radius 3 is 2.57 bits per heavy atom. The van der Waals surface area contributed by atoms with E-state index >= 15 is 0 Å². The number of hydrogen-bond donors (Lipinski definition) is 2. The fraction of sp³-hybridized carbons (Fsp3) is 0.167. The molecule has 0 amide bonds. The van der Waals surface area contributed by atoms with Gasteiger partial charge in [-0.1, -0.05) is 0 Å². The van der Waals surface area contributed by atoms with Crippen LogP contribution in [0, 0.1) is 10.1 Å². The quantitative estimate of drug-likeness (QED) is 0.555. The van der Waals surface area contributed by atoms with Crippen molar-refractivity contribution in [2.24, 2.45) is 0 Å². The first-order chi connectivity index (χ1) is 6.45. The summed E-state index contributed by atoms with van der Waals surface area (Å²) in [4.78, 5) is 21.7. The first kappa shape index (κ1) is 10.1. The fourth-order valence-electron chi connectivity index (χ4n) is 0.826. The molecule has 0 spiro atoms. The summed E-state index contributed by atoms with van der Waals surface area (Å²) in [5.74, 6) is -1.32. The van der Waals surface area contributed by atoms with Gasteiger partial charge in [0.25, 0.3) is 6.43 Å². The van der Waals surface area contributed by atoms with Gasteiger partial charge < -0.3 is 10.1 Å². The van der Waals surface area contributed by atoms with E-state index < -0.39 is 33.9 Å². The highest BCUT2D eigenvalue weighted by Gasteiger charge is 2.22. The number of hydrogen-bond acceptors (Lipinski definition) is 4. The van der Waals surface area contributed by atoms with E-state index in [1.165, 1.54) is 0 Å². The summed E-state index contributed by atoms with van der Waals surface area (Å²) in [7, 11) is 0. The van der Waals surface area contributed by atoms with Crippen LogP contribution < -0.4 is 5.43 Å². The number of nitro groups is 1. The molecular weight excluding hydrogens is 202 g/mol. The lowest BCUT2D eigenvalue weighted by molar-refractivity contribution is -0.386. The highest BCUT2D eigenvalue weighted by Crippen LogP contribution is 2.24. The maximum atomic E-state index is 12.0. The van der Waals surface area contributed by atoms with Crippen molar-refractivity contribution in [3.05, 3.63) is 32.2 Å². The number of halogens is 2. The summed E-state index contributed by atoms with van der Waals surface area (Å²) in [6, 6.07) is 0. The second-order valence-electron chi connectivity index (χ2n) is 2.32. The molecule has 0 bridgehead atoms. The van der Waals surface area contributed by atoms with Crippen LogP contribution in [0.2, 0.25) is 0 Å². The first-order valence-electron chi connectivity index (χ1n) is 3.32. The molecule has 0 aromatic carbocycles. The molecule has 1 heterocycles. The minimum absolute atomic E-state index is 0.517. The van der Waals surface area contributed by atoms with Crippen molar-refractivity contribution in [1.29, 1.82) is 0 Å². The monoisotopic (exact) mass is 206 g/mol. The zero-order chi connectivity index (χ0) is 10.9. The summed E-state index contributed by atoms with van der Waals surface area (Å²) in [6.07, 6.45) is -2.58. The van der Waals surface area contributed by atoms with Crippen LogP contribution in [-0.4, -0.2) is 15.0 Å². The molecule has 2 N–H and O–H groups in total. The van der Waals surface area contributed by atoms with Crippen molar-refractivity contribution in [2.75, 3.05) is 0 Å². The Labute approximate surface area is 75.0 Å². The highest BCUT2D eigenvalue weighted by atomic mass is 19.3. The molecule has 0 radical (unpaired) electrons. The Bertz CT molecular complexity index is 428. The van der Waals surface area contributed by atoms with Gasteiger partial charge in [0, 0.05) is 0 Å². The second kappa shape index (κ2) is 3.40. The second-order valence-corrected chi connectivity index (χ2v) is 2.32. The number of aromatic nitrogens is 1. The molecular formula is C6H4F2N2O4. The smallest absolute Gasteiger partial charge is 0.336 e. The lowest BCUT2D eigenvalue weighted by Gasteiger charge is -2.01. The number of aromatic amines is 1. The zero-order valence-electron chi connectivity index (χ0n) is 6.53. The normalized spacial score (nSPS) is 10.5. The summed E-state index contributed by atoms with van der Waals surface area (Å²) in [5.41, 5.74) is -3.43. The molecule has 1 aromatic rings. The summed E-state index contributed by atoms with van der Waals surface area (Å²) < 4.78 is 24.1. The Balaban J connectivity index is 3.42. The van der Waals surface area contributed by atoms with Crippen molar-refractivity contribution < 1.29 is 18.8 Å². The van der Waals surface area contributed by atoms with Crippen molar-refractivity contribution in [3.63, 3.8) is 0 Å². The number of pyridine rings is 1.